The van der Waals surface area contributed by atoms with Gasteiger partial charge in [-0.15, -0.1) is 0 Å². The fourth-order valence-corrected chi connectivity index (χ4v) is 2.82. The van der Waals surface area contributed by atoms with E-state index in [9.17, 15) is 20.0 Å². The van der Waals surface area contributed by atoms with E-state index in [0.717, 1.165) is 29.0 Å². The fraction of sp³-hybridized carbons (Fsp3) is 0. The van der Waals surface area contributed by atoms with Crippen molar-refractivity contribution >= 4 is 22.9 Å². The number of phenolic OH excluding ortho intramolecular Hbond substituents is 1. The Kier molecular flexibility index (Phi) is 4.21. The van der Waals surface area contributed by atoms with Gasteiger partial charge in [0, 0.05) is 35.3 Å². The number of carbonyl (C=O) groups is 1. The molecule has 0 bridgehead atoms. The van der Waals surface area contributed by atoms with Gasteiger partial charge in [0.2, 0.25) is 0 Å². The van der Waals surface area contributed by atoms with E-state index in [0.29, 0.717) is 5.69 Å². The lowest BCUT2D eigenvalue weighted by molar-refractivity contribution is -0.385. The van der Waals surface area contributed by atoms with E-state index in [-0.39, 0.29) is 5.56 Å². The molecule has 0 saturated heterocycles. The first-order chi connectivity index (χ1) is 13.5. The number of aromatic hydroxyl groups is 1. The van der Waals surface area contributed by atoms with Gasteiger partial charge in [0.15, 0.2) is 5.75 Å². The molecule has 2 heterocycles. The number of fused-ring (bicyclic) bond motifs is 1. The SMILES string of the molecule is O=C(Nc1ccc(-c2cn3ccccc3n2)cc1)c1ccc([N+](=O)[O-])c(O)c1. The fourth-order valence-electron chi connectivity index (χ4n) is 2.82. The molecule has 4 rings (SSSR count). The van der Waals surface area contributed by atoms with Gasteiger partial charge in [-0.1, -0.05) is 18.2 Å². The Hall–Kier alpha value is -4.20. The minimum absolute atomic E-state index is 0.118. The molecule has 0 aliphatic heterocycles. The first kappa shape index (κ1) is 17.2. The summed E-state index contributed by atoms with van der Waals surface area (Å²) in [7, 11) is 0. The van der Waals surface area contributed by atoms with Crippen LogP contribution in [0.3, 0.4) is 0 Å². The number of nitrogens with zero attached hydrogens (tertiary/aromatic N) is 3. The molecule has 2 N–H and O–H groups in total. The number of rotatable bonds is 4. The van der Waals surface area contributed by atoms with Crippen LogP contribution in [0.2, 0.25) is 0 Å². The quantitative estimate of drug-likeness (QED) is 0.416. The van der Waals surface area contributed by atoms with Gasteiger partial charge in [-0.2, -0.15) is 0 Å². The lowest BCUT2D eigenvalue weighted by atomic mass is 10.1. The molecule has 28 heavy (non-hydrogen) atoms. The monoisotopic (exact) mass is 374 g/mol. The molecule has 0 spiro atoms. The zero-order valence-electron chi connectivity index (χ0n) is 14.4. The van der Waals surface area contributed by atoms with E-state index < -0.39 is 22.3 Å². The van der Waals surface area contributed by atoms with Crippen LogP contribution in [-0.4, -0.2) is 25.3 Å². The van der Waals surface area contributed by atoms with E-state index >= 15 is 0 Å². The predicted octanol–water partition coefficient (Wildman–Crippen LogP) is 3.87. The Morgan fingerprint density at radius 3 is 2.57 bits per heavy atom. The van der Waals surface area contributed by atoms with Crippen LogP contribution in [0.15, 0.2) is 73.1 Å². The molecule has 1 amide bonds. The molecule has 0 fully saturated rings. The molecule has 2 aromatic carbocycles. The average molecular weight is 374 g/mol. The molecule has 0 atom stereocenters. The lowest BCUT2D eigenvalue weighted by Gasteiger charge is -2.06. The first-order valence-electron chi connectivity index (χ1n) is 8.34. The third-order valence-corrected chi connectivity index (χ3v) is 4.24. The number of carbonyl (C=O) groups excluding carboxylic acids is 1. The van der Waals surface area contributed by atoms with Crippen LogP contribution in [-0.2, 0) is 0 Å². The molecule has 138 valence electrons. The van der Waals surface area contributed by atoms with Crippen molar-refractivity contribution < 1.29 is 14.8 Å². The van der Waals surface area contributed by atoms with Crippen molar-refractivity contribution in [3.05, 3.63) is 88.7 Å². The Morgan fingerprint density at radius 2 is 1.89 bits per heavy atom. The molecule has 4 aromatic rings. The van der Waals surface area contributed by atoms with Crippen molar-refractivity contribution in [3.63, 3.8) is 0 Å². The number of nitro groups is 1. The van der Waals surface area contributed by atoms with E-state index in [1.54, 1.807) is 12.1 Å². The maximum absolute atomic E-state index is 12.3. The maximum atomic E-state index is 12.3. The van der Waals surface area contributed by atoms with Crippen molar-refractivity contribution in [2.24, 2.45) is 0 Å². The average Bonchev–Trinajstić information content (AvgIpc) is 3.12. The summed E-state index contributed by atoms with van der Waals surface area (Å²) in [6.07, 6.45) is 3.84. The van der Waals surface area contributed by atoms with Crippen LogP contribution in [0.5, 0.6) is 5.75 Å². The lowest BCUT2D eigenvalue weighted by Crippen LogP contribution is -2.11. The number of pyridine rings is 1. The molecule has 2 aromatic heterocycles. The van der Waals surface area contributed by atoms with Gasteiger partial charge in [-0.05, 0) is 36.4 Å². The number of nitro benzene ring substituents is 1. The largest absolute Gasteiger partial charge is 0.502 e. The number of hydrogen-bond donors (Lipinski definition) is 2. The first-order valence-corrected chi connectivity index (χ1v) is 8.34. The second-order valence-electron chi connectivity index (χ2n) is 6.08. The topological polar surface area (TPSA) is 110 Å². The van der Waals surface area contributed by atoms with Gasteiger partial charge in [-0.25, -0.2) is 4.98 Å². The predicted molar refractivity (Wildman–Crippen MR) is 103 cm³/mol. The van der Waals surface area contributed by atoms with Gasteiger partial charge in [0.25, 0.3) is 5.91 Å². The summed E-state index contributed by atoms with van der Waals surface area (Å²) in [5.74, 6) is -1.04. The smallest absolute Gasteiger partial charge is 0.310 e. The number of phenols is 1. The maximum Gasteiger partial charge on any atom is 0.310 e. The summed E-state index contributed by atoms with van der Waals surface area (Å²) in [6.45, 7) is 0. The molecule has 0 aliphatic carbocycles. The minimum atomic E-state index is -0.713. The number of aromatic nitrogens is 2. The molecule has 8 nitrogen and oxygen atoms in total. The third kappa shape index (κ3) is 3.26. The summed E-state index contributed by atoms with van der Waals surface area (Å²) >= 11 is 0. The Labute approximate surface area is 158 Å². The zero-order valence-corrected chi connectivity index (χ0v) is 14.4. The number of benzene rings is 2. The summed E-state index contributed by atoms with van der Waals surface area (Å²) in [6, 6.07) is 16.4. The Bertz CT molecular complexity index is 1170. The highest BCUT2D eigenvalue weighted by atomic mass is 16.6. The van der Waals surface area contributed by atoms with Crippen LogP contribution in [0.1, 0.15) is 10.4 Å². The Balaban J connectivity index is 1.52. The van der Waals surface area contributed by atoms with Crippen LogP contribution >= 0.6 is 0 Å². The van der Waals surface area contributed by atoms with Crippen LogP contribution in [0.25, 0.3) is 16.9 Å². The van der Waals surface area contributed by atoms with E-state index in [2.05, 4.69) is 10.3 Å². The van der Waals surface area contributed by atoms with Crippen LogP contribution < -0.4 is 5.32 Å². The summed E-state index contributed by atoms with van der Waals surface area (Å²) < 4.78 is 1.92. The number of amides is 1. The second kappa shape index (κ2) is 6.84. The van der Waals surface area contributed by atoms with Gasteiger partial charge in [-0.3, -0.25) is 14.9 Å². The number of nitrogens with one attached hydrogen (secondary N) is 1. The van der Waals surface area contributed by atoms with Gasteiger partial charge in [0.05, 0.1) is 10.6 Å². The van der Waals surface area contributed by atoms with E-state index in [1.807, 2.05) is 47.1 Å². The van der Waals surface area contributed by atoms with Crippen molar-refractivity contribution in [2.45, 2.75) is 0 Å². The minimum Gasteiger partial charge on any atom is -0.502 e. The van der Waals surface area contributed by atoms with Gasteiger partial charge >= 0.3 is 5.69 Å². The summed E-state index contributed by atoms with van der Waals surface area (Å²) in [5.41, 5.74) is 2.77. The molecule has 0 aliphatic rings. The molecular formula is C20H14N4O4. The Morgan fingerprint density at radius 1 is 1.11 bits per heavy atom. The molecular weight excluding hydrogens is 360 g/mol. The highest BCUT2D eigenvalue weighted by molar-refractivity contribution is 6.04. The highest BCUT2D eigenvalue weighted by Crippen LogP contribution is 2.27. The number of anilines is 1. The molecule has 0 saturated carbocycles. The summed E-state index contributed by atoms with van der Waals surface area (Å²) in [4.78, 5) is 26.9. The van der Waals surface area contributed by atoms with E-state index in [1.165, 1.54) is 6.07 Å². The van der Waals surface area contributed by atoms with Gasteiger partial charge < -0.3 is 14.8 Å². The highest BCUT2D eigenvalue weighted by Gasteiger charge is 2.16. The molecule has 0 radical (unpaired) electrons. The normalized spacial score (nSPS) is 10.7. The standard InChI is InChI=1S/C20H14N4O4/c25-18-11-14(6-9-17(18)24(27)28)20(26)21-15-7-4-13(5-8-15)16-12-23-10-2-1-3-19(23)22-16/h1-12,25H,(H,21,26). The van der Waals surface area contributed by atoms with Crippen molar-refractivity contribution in [1.29, 1.82) is 0 Å². The molecule has 8 heteroatoms. The van der Waals surface area contributed by atoms with Crippen LogP contribution in [0, 0.1) is 10.1 Å². The van der Waals surface area contributed by atoms with Crippen molar-refractivity contribution in [1.82, 2.24) is 9.38 Å². The summed E-state index contributed by atoms with van der Waals surface area (Å²) in [5, 5.41) is 23.1. The van der Waals surface area contributed by atoms with Crippen molar-refractivity contribution in [2.75, 3.05) is 5.32 Å². The number of imidazole rings is 1. The zero-order chi connectivity index (χ0) is 19.7. The van der Waals surface area contributed by atoms with Crippen LogP contribution in [0.4, 0.5) is 11.4 Å². The molecule has 0 unspecified atom stereocenters. The van der Waals surface area contributed by atoms with Gasteiger partial charge in [0.1, 0.15) is 5.65 Å². The van der Waals surface area contributed by atoms with E-state index in [4.69, 9.17) is 0 Å². The third-order valence-electron chi connectivity index (χ3n) is 4.24. The van der Waals surface area contributed by atoms with Crippen molar-refractivity contribution in [3.8, 4) is 17.0 Å². The second-order valence-corrected chi connectivity index (χ2v) is 6.08. The number of hydrogen-bond acceptors (Lipinski definition) is 5.